The summed E-state index contributed by atoms with van der Waals surface area (Å²) in [6, 6.07) is 13.3. The van der Waals surface area contributed by atoms with Crippen molar-refractivity contribution in [3.8, 4) is 0 Å². The number of aromatic nitrogens is 1. The molecule has 192 valence electrons. The molecule has 0 saturated carbocycles. The number of rotatable bonds is 6. The molecule has 0 atom stereocenters. The number of nitrogens with one attached hydrogen (secondary N) is 3. The number of anilines is 3. The second-order valence-corrected chi connectivity index (χ2v) is 9.86. The lowest BCUT2D eigenvalue weighted by Crippen LogP contribution is -2.32. The molecule has 0 aliphatic carbocycles. The first kappa shape index (κ1) is 26.4. The van der Waals surface area contributed by atoms with Crippen LogP contribution in [0, 0.1) is 5.41 Å². The van der Waals surface area contributed by atoms with Gasteiger partial charge in [0.15, 0.2) is 0 Å². The van der Waals surface area contributed by atoms with Crippen molar-refractivity contribution in [2.75, 3.05) is 42.7 Å². The van der Waals surface area contributed by atoms with E-state index in [1.54, 1.807) is 41.3 Å². The van der Waals surface area contributed by atoms with Crippen molar-refractivity contribution in [3.63, 3.8) is 0 Å². The first-order valence-electron chi connectivity index (χ1n) is 11.9. The Morgan fingerprint density at radius 3 is 2.27 bits per heavy atom. The molecule has 0 bridgehead atoms. The van der Waals surface area contributed by atoms with Crippen molar-refractivity contribution in [2.45, 2.75) is 19.3 Å². The number of carbonyl (C=O) groups excluding carboxylic acids is 2. The number of nitrogens with zero attached hydrogens (tertiary/aromatic N) is 3. The number of amidine groups is 1. The molecule has 2 amide bonds. The number of benzene rings is 2. The van der Waals surface area contributed by atoms with E-state index < -0.39 is 5.91 Å². The van der Waals surface area contributed by atoms with Gasteiger partial charge in [-0.25, -0.2) is 4.98 Å². The zero-order chi connectivity index (χ0) is 26.5. The van der Waals surface area contributed by atoms with E-state index in [0.29, 0.717) is 32.9 Å². The molecule has 0 unspecified atom stereocenters. The zero-order valence-corrected chi connectivity index (χ0v) is 22.2. The molecule has 4 rings (SSSR count). The van der Waals surface area contributed by atoms with Crippen molar-refractivity contribution in [1.82, 2.24) is 9.88 Å². The summed E-state index contributed by atoms with van der Waals surface area (Å²) < 4.78 is 0. The van der Waals surface area contributed by atoms with Gasteiger partial charge in [-0.1, -0.05) is 29.3 Å². The summed E-state index contributed by atoms with van der Waals surface area (Å²) in [7, 11) is 3.63. The van der Waals surface area contributed by atoms with E-state index in [1.165, 1.54) is 12.3 Å². The molecule has 0 radical (unpaired) electrons. The molecule has 10 heteroatoms. The maximum Gasteiger partial charge on any atom is 0.258 e. The Balaban J connectivity index is 1.64. The monoisotopic (exact) mass is 538 g/mol. The average molecular weight is 539 g/mol. The Morgan fingerprint density at radius 1 is 0.892 bits per heavy atom. The summed E-state index contributed by atoms with van der Waals surface area (Å²) in [5, 5.41) is 14.8. The van der Waals surface area contributed by atoms with Crippen molar-refractivity contribution in [2.24, 2.45) is 0 Å². The van der Waals surface area contributed by atoms with Crippen LogP contribution in [0.2, 0.25) is 10.0 Å². The van der Waals surface area contributed by atoms with Crippen molar-refractivity contribution in [1.29, 1.82) is 5.41 Å². The highest BCUT2D eigenvalue weighted by Crippen LogP contribution is 2.29. The molecular weight excluding hydrogens is 511 g/mol. The van der Waals surface area contributed by atoms with Crippen molar-refractivity contribution < 1.29 is 9.59 Å². The quantitative estimate of drug-likeness (QED) is 0.273. The van der Waals surface area contributed by atoms with Gasteiger partial charge < -0.3 is 20.4 Å². The van der Waals surface area contributed by atoms with E-state index in [-0.39, 0.29) is 11.5 Å². The summed E-state index contributed by atoms with van der Waals surface area (Å²) in [6.45, 7) is 1.67. The predicted octanol–water partition coefficient (Wildman–Crippen LogP) is 5.77. The minimum Gasteiger partial charge on any atom is -0.371 e. The zero-order valence-electron chi connectivity index (χ0n) is 20.6. The first-order chi connectivity index (χ1) is 17.7. The highest BCUT2D eigenvalue weighted by Gasteiger charge is 2.22. The number of hydrogen-bond donors (Lipinski definition) is 3. The Labute approximate surface area is 226 Å². The molecule has 1 saturated heterocycles. The number of halogens is 2. The maximum atomic E-state index is 13.6. The van der Waals surface area contributed by atoms with Gasteiger partial charge in [0.2, 0.25) is 0 Å². The summed E-state index contributed by atoms with van der Waals surface area (Å²) in [6.07, 6.45) is 4.66. The van der Waals surface area contributed by atoms with Gasteiger partial charge in [-0.3, -0.25) is 15.0 Å². The number of pyridine rings is 1. The Kier molecular flexibility index (Phi) is 8.31. The summed E-state index contributed by atoms with van der Waals surface area (Å²) in [5.74, 6) is -0.154. The van der Waals surface area contributed by atoms with Gasteiger partial charge in [-0.05, 0) is 61.7 Å². The second kappa shape index (κ2) is 11.6. The van der Waals surface area contributed by atoms with Gasteiger partial charge in [-0.15, -0.1) is 0 Å². The van der Waals surface area contributed by atoms with E-state index >= 15 is 0 Å². The number of piperidine rings is 1. The molecule has 2 heterocycles. The molecule has 3 aromatic rings. The molecule has 1 aliphatic heterocycles. The molecular formula is C27H28Cl2N6O2. The van der Waals surface area contributed by atoms with Gasteiger partial charge in [0, 0.05) is 44.0 Å². The normalized spacial score (nSPS) is 13.1. The minimum atomic E-state index is -0.473. The van der Waals surface area contributed by atoms with Crippen LogP contribution in [0.15, 0.2) is 54.7 Å². The van der Waals surface area contributed by atoms with Crippen molar-refractivity contribution in [3.05, 3.63) is 81.5 Å². The van der Waals surface area contributed by atoms with Crippen LogP contribution in [0.1, 0.15) is 45.5 Å². The van der Waals surface area contributed by atoms with Gasteiger partial charge in [-0.2, -0.15) is 0 Å². The first-order valence-corrected chi connectivity index (χ1v) is 12.7. The Morgan fingerprint density at radius 2 is 1.59 bits per heavy atom. The van der Waals surface area contributed by atoms with Gasteiger partial charge in [0.25, 0.3) is 11.8 Å². The van der Waals surface area contributed by atoms with Crippen LogP contribution < -0.4 is 15.5 Å². The molecule has 2 aromatic carbocycles. The SMILES string of the molecule is CN(C)C(=N)c1ccc(C(=O)Nc2ccc(Cl)cc2C(=O)Nc2ccc(Cl)cn2)c(N2CCCCC2)c1. The standard InChI is InChI=1S/C27H28Cl2N6O2/c1-34(2)25(30)17-6-9-20(23(14-17)35-12-4-3-5-13-35)26(36)32-22-10-7-18(28)15-21(22)27(37)33-24-11-8-19(29)16-31-24/h6-11,14-16,30H,3-5,12-13H2,1-2H3,(H,32,36)(H,31,33,37). The fourth-order valence-corrected chi connectivity index (χ4v) is 4.45. The van der Waals surface area contributed by atoms with E-state index in [0.717, 1.165) is 43.6 Å². The van der Waals surface area contributed by atoms with Crippen LogP contribution in [0.4, 0.5) is 17.2 Å². The molecule has 1 aromatic heterocycles. The van der Waals surface area contributed by atoms with Crippen LogP contribution >= 0.6 is 23.2 Å². The largest absolute Gasteiger partial charge is 0.371 e. The summed E-state index contributed by atoms with van der Waals surface area (Å²) >= 11 is 12.1. The smallest absolute Gasteiger partial charge is 0.258 e. The Hall–Kier alpha value is -3.62. The fourth-order valence-electron chi connectivity index (χ4n) is 4.16. The van der Waals surface area contributed by atoms with E-state index in [4.69, 9.17) is 28.6 Å². The number of carbonyl (C=O) groups is 2. The highest BCUT2D eigenvalue weighted by atomic mass is 35.5. The van der Waals surface area contributed by atoms with Crippen LogP contribution in [0.5, 0.6) is 0 Å². The predicted molar refractivity (Wildman–Crippen MR) is 150 cm³/mol. The fraction of sp³-hybridized carbons (Fsp3) is 0.259. The van der Waals surface area contributed by atoms with Crippen LogP contribution in [-0.4, -0.2) is 54.7 Å². The molecule has 0 spiro atoms. The third-order valence-corrected chi connectivity index (χ3v) is 6.56. The van der Waals surface area contributed by atoms with Gasteiger partial charge >= 0.3 is 0 Å². The molecule has 37 heavy (non-hydrogen) atoms. The molecule has 1 fully saturated rings. The lowest BCUT2D eigenvalue weighted by molar-refractivity contribution is 0.102. The lowest BCUT2D eigenvalue weighted by Gasteiger charge is -2.31. The second-order valence-electron chi connectivity index (χ2n) is 8.98. The topological polar surface area (TPSA) is 101 Å². The third kappa shape index (κ3) is 6.39. The van der Waals surface area contributed by atoms with Crippen LogP contribution in [-0.2, 0) is 0 Å². The molecule has 3 N–H and O–H groups in total. The summed E-state index contributed by atoms with van der Waals surface area (Å²) in [4.78, 5) is 34.6. The van der Waals surface area contributed by atoms with Gasteiger partial charge in [0.1, 0.15) is 11.7 Å². The van der Waals surface area contributed by atoms with E-state index in [9.17, 15) is 9.59 Å². The average Bonchev–Trinajstić information content (AvgIpc) is 2.90. The molecule has 1 aliphatic rings. The molecule has 8 nitrogen and oxygen atoms in total. The third-order valence-electron chi connectivity index (χ3n) is 6.10. The summed E-state index contributed by atoms with van der Waals surface area (Å²) in [5.41, 5.74) is 2.48. The Bertz CT molecular complexity index is 1320. The number of hydrogen-bond acceptors (Lipinski definition) is 5. The van der Waals surface area contributed by atoms with Crippen LogP contribution in [0.3, 0.4) is 0 Å². The minimum absolute atomic E-state index is 0.197. The van der Waals surface area contributed by atoms with E-state index in [2.05, 4.69) is 20.5 Å². The number of amides is 2. The lowest BCUT2D eigenvalue weighted by atomic mass is 10.0. The van der Waals surface area contributed by atoms with Crippen LogP contribution in [0.25, 0.3) is 0 Å². The van der Waals surface area contributed by atoms with Crippen molar-refractivity contribution >= 4 is 58.0 Å². The highest BCUT2D eigenvalue weighted by molar-refractivity contribution is 6.31. The maximum absolute atomic E-state index is 13.6. The van der Waals surface area contributed by atoms with E-state index in [1.807, 2.05) is 20.2 Å². The van der Waals surface area contributed by atoms with Gasteiger partial charge in [0.05, 0.1) is 27.5 Å².